The van der Waals surface area contributed by atoms with Crippen molar-refractivity contribution in [1.82, 2.24) is 9.55 Å². The van der Waals surface area contributed by atoms with Gasteiger partial charge in [0.2, 0.25) is 0 Å². The summed E-state index contributed by atoms with van der Waals surface area (Å²) in [4.78, 5) is 4.41. The van der Waals surface area contributed by atoms with Crippen LogP contribution in [0.4, 0.5) is 0 Å². The maximum Gasteiger partial charge on any atom is 0.326 e. The summed E-state index contributed by atoms with van der Waals surface area (Å²) < 4.78 is 2.06. The van der Waals surface area contributed by atoms with Gasteiger partial charge in [-0.1, -0.05) is 35.8 Å². The molecule has 0 bridgehead atoms. The standard InChI is InChI=1S/C15H14BN2O2/c1-10-17-15-13(3-2-4-14(15)19)18(10)9-11-5-7-12(16-20)8-6-11/h2-8,19-20H,9H2,1H3. The highest BCUT2D eigenvalue weighted by Crippen LogP contribution is 2.25. The van der Waals surface area contributed by atoms with Crippen molar-refractivity contribution in [2.24, 2.45) is 0 Å². The van der Waals surface area contributed by atoms with Crippen LogP contribution in [0, 0.1) is 6.92 Å². The summed E-state index contributed by atoms with van der Waals surface area (Å²) in [6, 6.07) is 13.1. The third kappa shape index (κ3) is 2.16. The van der Waals surface area contributed by atoms with Crippen molar-refractivity contribution >= 4 is 24.0 Å². The molecule has 4 nitrogen and oxygen atoms in total. The highest BCUT2D eigenvalue weighted by molar-refractivity contribution is 6.45. The maximum absolute atomic E-state index is 9.84. The molecule has 0 unspecified atom stereocenters. The van der Waals surface area contributed by atoms with Crippen molar-refractivity contribution in [1.29, 1.82) is 0 Å². The fraction of sp³-hybridized carbons (Fsp3) is 0.133. The van der Waals surface area contributed by atoms with E-state index in [0.717, 1.165) is 29.8 Å². The molecule has 0 aliphatic rings. The van der Waals surface area contributed by atoms with Crippen molar-refractivity contribution in [3.63, 3.8) is 0 Å². The van der Waals surface area contributed by atoms with Gasteiger partial charge in [0.1, 0.15) is 17.1 Å². The third-order valence-electron chi connectivity index (χ3n) is 3.42. The molecule has 0 aliphatic heterocycles. The van der Waals surface area contributed by atoms with Crippen molar-refractivity contribution < 1.29 is 10.1 Å². The van der Waals surface area contributed by atoms with Gasteiger partial charge in [-0.15, -0.1) is 0 Å². The summed E-state index contributed by atoms with van der Waals surface area (Å²) in [5, 5.41) is 18.8. The summed E-state index contributed by atoms with van der Waals surface area (Å²) in [5.74, 6) is 1.06. The summed E-state index contributed by atoms with van der Waals surface area (Å²) in [7, 11) is 1.08. The number of para-hydroxylation sites is 1. The number of rotatable bonds is 3. The van der Waals surface area contributed by atoms with Gasteiger partial charge in [-0.3, -0.25) is 0 Å². The highest BCUT2D eigenvalue weighted by atomic mass is 16.3. The smallest absolute Gasteiger partial charge is 0.326 e. The topological polar surface area (TPSA) is 58.3 Å². The van der Waals surface area contributed by atoms with E-state index in [9.17, 15) is 5.11 Å². The van der Waals surface area contributed by atoms with E-state index >= 15 is 0 Å². The van der Waals surface area contributed by atoms with E-state index in [1.54, 1.807) is 6.07 Å². The molecule has 0 saturated heterocycles. The second kappa shape index (κ2) is 5.02. The van der Waals surface area contributed by atoms with E-state index in [2.05, 4.69) is 9.55 Å². The maximum atomic E-state index is 9.84. The van der Waals surface area contributed by atoms with E-state index in [1.165, 1.54) is 0 Å². The number of phenolic OH excluding ortho intramolecular Hbond substituents is 1. The van der Waals surface area contributed by atoms with Gasteiger partial charge in [-0.25, -0.2) is 4.98 Å². The number of benzene rings is 2. The summed E-state index contributed by atoms with van der Waals surface area (Å²) in [5.41, 5.74) is 3.44. The molecule has 1 radical (unpaired) electrons. The molecule has 0 atom stereocenters. The predicted octanol–water partition coefficient (Wildman–Crippen LogP) is 1.34. The molecule has 2 N–H and O–H groups in total. The molecular formula is C15H14BN2O2. The van der Waals surface area contributed by atoms with E-state index in [0.29, 0.717) is 12.1 Å². The average molecular weight is 265 g/mol. The lowest BCUT2D eigenvalue weighted by Gasteiger charge is -2.07. The molecular weight excluding hydrogens is 251 g/mol. The van der Waals surface area contributed by atoms with E-state index in [1.807, 2.05) is 43.3 Å². The van der Waals surface area contributed by atoms with Crippen LogP contribution >= 0.6 is 0 Å². The van der Waals surface area contributed by atoms with Crippen LogP contribution in [0.3, 0.4) is 0 Å². The molecule has 1 heterocycles. The third-order valence-corrected chi connectivity index (χ3v) is 3.42. The van der Waals surface area contributed by atoms with Crippen LogP contribution in [0.15, 0.2) is 42.5 Å². The molecule has 3 aromatic rings. The summed E-state index contributed by atoms with van der Waals surface area (Å²) >= 11 is 0. The highest BCUT2D eigenvalue weighted by Gasteiger charge is 2.10. The largest absolute Gasteiger partial charge is 0.506 e. The van der Waals surface area contributed by atoms with Gasteiger partial charge in [0.05, 0.1) is 5.52 Å². The lowest BCUT2D eigenvalue weighted by Crippen LogP contribution is -2.13. The first-order valence-corrected chi connectivity index (χ1v) is 6.40. The molecule has 2 aromatic carbocycles. The number of fused-ring (bicyclic) bond motifs is 1. The number of hydrogen-bond donors (Lipinski definition) is 2. The molecule has 99 valence electrons. The zero-order chi connectivity index (χ0) is 14.1. The fourth-order valence-corrected chi connectivity index (χ4v) is 2.34. The second-order valence-corrected chi connectivity index (χ2v) is 4.76. The monoisotopic (exact) mass is 265 g/mol. The Morgan fingerprint density at radius 2 is 1.90 bits per heavy atom. The fourth-order valence-electron chi connectivity index (χ4n) is 2.34. The Morgan fingerprint density at radius 3 is 2.60 bits per heavy atom. The second-order valence-electron chi connectivity index (χ2n) is 4.76. The summed E-state index contributed by atoms with van der Waals surface area (Å²) in [6.45, 7) is 2.60. The van der Waals surface area contributed by atoms with Gasteiger partial charge < -0.3 is 14.7 Å². The van der Waals surface area contributed by atoms with Crippen LogP contribution in [0.25, 0.3) is 11.0 Å². The Kier molecular flexibility index (Phi) is 3.20. The number of hydrogen-bond acceptors (Lipinski definition) is 3. The summed E-state index contributed by atoms with van der Waals surface area (Å²) in [6.07, 6.45) is 0. The molecule has 0 amide bonds. The van der Waals surface area contributed by atoms with E-state index < -0.39 is 0 Å². The van der Waals surface area contributed by atoms with Gasteiger partial charge in [-0.2, -0.15) is 0 Å². The van der Waals surface area contributed by atoms with Crippen molar-refractivity contribution in [2.45, 2.75) is 13.5 Å². The van der Waals surface area contributed by atoms with Gasteiger partial charge in [-0.05, 0) is 24.6 Å². The minimum absolute atomic E-state index is 0.203. The van der Waals surface area contributed by atoms with Crippen LogP contribution < -0.4 is 5.46 Å². The molecule has 3 rings (SSSR count). The van der Waals surface area contributed by atoms with E-state index in [-0.39, 0.29) is 5.75 Å². The lowest BCUT2D eigenvalue weighted by molar-refractivity contribution is 0.480. The Hall–Kier alpha value is -2.27. The quantitative estimate of drug-likeness (QED) is 0.702. The SMILES string of the molecule is Cc1nc2c(O)cccc2n1Cc1ccc([B]O)cc1. The van der Waals surface area contributed by atoms with Gasteiger partial charge in [0.25, 0.3) is 0 Å². The average Bonchev–Trinajstić information content (AvgIpc) is 2.78. The van der Waals surface area contributed by atoms with Gasteiger partial charge in [0.15, 0.2) is 0 Å². The van der Waals surface area contributed by atoms with Crippen LogP contribution in [-0.2, 0) is 6.54 Å². The first-order chi connectivity index (χ1) is 9.69. The zero-order valence-electron chi connectivity index (χ0n) is 11.1. The Labute approximate surface area is 117 Å². The molecule has 1 aromatic heterocycles. The Morgan fingerprint density at radius 1 is 1.15 bits per heavy atom. The first-order valence-electron chi connectivity index (χ1n) is 6.40. The minimum atomic E-state index is 0.203. The number of phenols is 1. The lowest BCUT2D eigenvalue weighted by atomic mass is 9.88. The number of aryl methyl sites for hydroxylation is 1. The minimum Gasteiger partial charge on any atom is -0.506 e. The van der Waals surface area contributed by atoms with Crippen molar-refractivity contribution in [3.8, 4) is 5.75 Å². The van der Waals surface area contributed by atoms with Gasteiger partial charge in [0, 0.05) is 6.54 Å². The van der Waals surface area contributed by atoms with Gasteiger partial charge >= 0.3 is 7.48 Å². The van der Waals surface area contributed by atoms with Crippen LogP contribution in [-0.4, -0.2) is 27.2 Å². The van der Waals surface area contributed by atoms with Crippen LogP contribution in [0.2, 0.25) is 0 Å². The number of aromatic hydroxyl groups is 1. The Balaban J connectivity index is 2.01. The molecule has 20 heavy (non-hydrogen) atoms. The number of aromatic nitrogens is 2. The molecule has 0 saturated carbocycles. The van der Waals surface area contributed by atoms with Crippen LogP contribution in [0.1, 0.15) is 11.4 Å². The molecule has 5 heteroatoms. The molecule has 0 fully saturated rings. The van der Waals surface area contributed by atoms with Crippen LogP contribution in [0.5, 0.6) is 5.75 Å². The predicted molar refractivity (Wildman–Crippen MR) is 79.3 cm³/mol. The Bertz CT molecular complexity index is 750. The number of imidazole rings is 1. The molecule has 0 aliphatic carbocycles. The zero-order valence-corrected chi connectivity index (χ0v) is 11.1. The normalized spacial score (nSPS) is 10.9. The van der Waals surface area contributed by atoms with Crippen molar-refractivity contribution in [3.05, 3.63) is 53.9 Å². The van der Waals surface area contributed by atoms with Crippen molar-refractivity contribution in [2.75, 3.05) is 0 Å². The first kappa shape index (κ1) is 12.8. The van der Waals surface area contributed by atoms with E-state index in [4.69, 9.17) is 5.02 Å². The number of nitrogens with zero attached hydrogens (tertiary/aromatic N) is 2. The molecule has 0 spiro atoms.